The van der Waals surface area contributed by atoms with Crippen LogP contribution in [0.15, 0.2) is 36.8 Å². The van der Waals surface area contributed by atoms with Gasteiger partial charge in [-0.25, -0.2) is 4.98 Å². The van der Waals surface area contributed by atoms with Crippen LogP contribution in [0.3, 0.4) is 0 Å². The lowest BCUT2D eigenvalue weighted by atomic mass is 10.1. The molecule has 1 atom stereocenters. The molecule has 1 saturated carbocycles. The molecule has 1 heterocycles. The molecular formula is C15H19N3O. The van der Waals surface area contributed by atoms with Crippen LogP contribution in [0.1, 0.15) is 43.1 Å². The normalized spacial score (nSPS) is 16.3. The Kier molecular flexibility index (Phi) is 3.25. The van der Waals surface area contributed by atoms with Crippen LogP contribution in [0.2, 0.25) is 0 Å². The summed E-state index contributed by atoms with van der Waals surface area (Å²) in [7, 11) is 0. The van der Waals surface area contributed by atoms with Crippen molar-refractivity contribution in [3.05, 3.63) is 48.0 Å². The van der Waals surface area contributed by atoms with Crippen LogP contribution < -0.4 is 10.5 Å². The van der Waals surface area contributed by atoms with Crippen molar-refractivity contribution in [2.24, 2.45) is 5.73 Å². The van der Waals surface area contributed by atoms with E-state index in [4.69, 9.17) is 10.5 Å². The van der Waals surface area contributed by atoms with Crippen molar-refractivity contribution in [1.29, 1.82) is 0 Å². The summed E-state index contributed by atoms with van der Waals surface area (Å²) in [6, 6.07) is 8.54. The molecule has 100 valence electrons. The minimum atomic E-state index is -0.0236. The highest BCUT2D eigenvalue weighted by Crippen LogP contribution is 2.36. The summed E-state index contributed by atoms with van der Waals surface area (Å²) in [5.41, 5.74) is 8.12. The molecule has 0 bridgehead atoms. The topological polar surface area (TPSA) is 53.1 Å². The third-order valence-electron chi connectivity index (χ3n) is 3.47. The number of hydrogen-bond acceptors (Lipinski definition) is 3. The van der Waals surface area contributed by atoms with Crippen LogP contribution >= 0.6 is 0 Å². The van der Waals surface area contributed by atoms with Crippen molar-refractivity contribution in [2.75, 3.05) is 0 Å². The molecule has 0 spiro atoms. The fourth-order valence-corrected chi connectivity index (χ4v) is 2.27. The van der Waals surface area contributed by atoms with E-state index in [0.29, 0.717) is 12.6 Å². The maximum atomic E-state index is 5.95. The van der Waals surface area contributed by atoms with Crippen LogP contribution in [0, 0.1) is 0 Å². The second-order valence-corrected chi connectivity index (χ2v) is 5.14. The number of rotatable bonds is 5. The van der Waals surface area contributed by atoms with Crippen molar-refractivity contribution < 1.29 is 4.74 Å². The first-order valence-electron chi connectivity index (χ1n) is 6.73. The van der Waals surface area contributed by atoms with E-state index in [1.807, 2.05) is 43.7 Å². The summed E-state index contributed by atoms with van der Waals surface area (Å²) < 4.78 is 8.14. The number of hydrogen-bond donors (Lipinski definition) is 1. The average molecular weight is 257 g/mol. The van der Waals surface area contributed by atoms with Crippen LogP contribution in [-0.4, -0.2) is 9.55 Å². The Balaban J connectivity index is 1.73. The Labute approximate surface area is 113 Å². The summed E-state index contributed by atoms with van der Waals surface area (Å²) >= 11 is 0. The zero-order valence-electron chi connectivity index (χ0n) is 11.1. The zero-order valence-corrected chi connectivity index (χ0v) is 11.1. The smallest absolute Gasteiger partial charge is 0.130 e. The standard InChI is InChI=1S/C15H19N3O/c1-11(16)14-4-2-3-5-15(14)19-9-13-8-17-10-18(13)12-6-7-12/h2-5,8,10-12H,6-7,9,16H2,1H3/t11-/m0/s1. The Morgan fingerprint density at radius 1 is 1.42 bits per heavy atom. The molecule has 2 aromatic rings. The lowest BCUT2D eigenvalue weighted by Crippen LogP contribution is -2.09. The molecule has 3 rings (SSSR count). The second-order valence-electron chi connectivity index (χ2n) is 5.14. The third-order valence-corrected chi connectivity index (χ3v) is 3.47. The summed E-state index contributed by atoms with van der Waals surface area (Å²) in [5.74, 6) is 0.862. The van der Waals surface area contributed by atoms with Crippen molar-refractivity contribution in [1.82, 2.24) is 9.55 Å². The molecule has 1 aliphatic rings. The number of para-hydroxylation sites is 1. The van der Waals surface area contributed by atoms with Gasteiger partial charge in [-0.05, 0) is 25.8 Å². The van der Waals surface area contributed by atoms with Gasteiger partial charge in [0.15, 0.2) is 0 Å². The Morgan fingerprint density at radius 2 is 2.21 bits per heavy atom. The van der Waals surface area contributed by atoms with Gasteiger partial charge >= 0.3 is 0 Å². The predicted octanol–water partition coefficient (Wildman–Crippen LogP) is 2.82. The third kappa shape index (κ3) is 2.63. The minimum Gasteiger partial charge on any atom is -0.487 e. The van der Waals surface area contributed by atoms with Gasteiger partial charge in [-0.2, -0.15) is 0 Å². The van der Waals surface area contributed by atoms with E-state index in [-0.39, 0.29) is 6.04 Å². The molecule has 1 aromatic carbocycles. The molecule has 1 aromatic heterocycles. The molecule has 1 aliphatic carbocycles. The van der Waals surface area contributed by atoms with Crippen LogP contribution in [0.4, 0.5) is 0 Å². The molecule has 4 nitrogen and oxygen atoms in total. The molecule has 2 N–H and O–H groups in total. The molecule has 0 amide bonds. The van der Waals surface area contributed by atoms with E-state index in [2.05, 4.69) is 9.55 Å². The summed E-state index contributed by atoms with van der Waals surface area (Å²) in [4.78, 5) is 4.21. The number of ether oxygens (including phenoxy) is 1. The largest absolute Gasteiger partial charge is 0.487 e. The van der Waals surface area contributed by atoms with E-state index < -0.39 is 0 Å². The van der Waals surface area contributed by atoms with Crippen LogP contribution in [-0.2, 0) is 6.61 Å². The number of aromatic nitrogens is 2. The fourth-order valence-electron chi connectivity index (χ4n) is 2.27. The molecular weight excluding hydrogens is 238 g/mol. The monoisotopic (exact) mass is 257 g/mol. The highest BCUT2D eigenvalue weighted by atomic mass is 16.5. The number of benzene rings is 1. The molecule has 1 fully saturated rings. The zero-order chi connectivity index (χ0) is 13.2. The van der Waals surface area contributed by atoms with E-state index in [1.54, 1.807) is 0 Å². The van der Waals surface area contributed by atoms with Crippen molar-refractivity contribution in [3.8, 4) is 5.75 Å². The molecule has 0 radical (unpaired) electrons. The maximum Gasteiger partial charge on any atom is 0.130 e. The van der Waals surface area contributed by atoms with E-state index in [0.717, 1.165) is 17.0 Å². The van der Waals surface area contributed by atoms with Crippen molar-refractivity contribution in [2.45, 2.75) is 38.5 Å². The Morgan fingerprint density at radius 3 is 2.95 bits per heavy atom. The maximum absolute atomic E-state index is 5.95. The first-order chi connectivity index (χ1) is 9.25. The van der Waals surface area contributed by atoms with E-state index >= 15 is 0 Å². The lowest BCUT2D eigenvalue weighted by molar-refractivity contribution is 0.290. The van der Waals surface area contributed by atoms with Gasteiger partial charge in [0.2, 0.25) is 0 Å². The van der Waals surface area contributed by atoms with Gasteiger partial charge in [0.1, 0.15) is 12.4 Å². The van der Waals surface area contributed by atoms with Gasteiger partial charge in [-0.3, -0.25) is 0 Å². The Hall–Kier alpha value is -1.81. The minimum absolute atomic E-state index is 0.0236. The van der Waals surface area contributed by atoms with Gasteiger partial charge < -0.3 is 15.0 Å². The quantitative estimate of drug-likeness (QED) is 0.896. The SMILES string of the molecule is C[C@H](N)c1ccccc1OCc1cncn1C1CC1. The first kappa shape index (κ1) is 12.2. The van der Waals surface area contributed by atoms with E-state index in [1.165, 1.54) is 12.8 Å². The number of nitrogens with two attached hydrogens (primary N) is 1. The fraction of sp³-hybridized carbons (Fsp3) is 0.400. The predicted molar refractivity (Wildman–Crippen MR) is 73.9 cm³/mol. The van der Waals surface area contributed by atoms with Gasteiger partial charge in [0, 0.05) is 17.6 Å². The lowest BCUT2D eigenvalue weighted by Gasteiger charge is -2.14. The highest BCUT2D eigenvalue weighted by molar-refractivity contribution is 5.35. The molecule has 0 unspecified atom stereocenters. The van der Waals surface area contributed by atoms with Gasteiger partial charge in [0.05, 0.1) is 18.2 Å². The van der Waals surface area contributed by atoms with Crippen LogP contribution in [0.5, 0.6) is 5.75 Å². The van der Waals surface area contributed by atoms with Gasteiger partial charge in [-0.15, -0.1) is 0 Å². The molecule has 19 heavy (non-hydrogen) atoms. The van der Waals surface area contributed by atoms with Crippen molar-refractivity contribution >= 4 is 0 Å². The highest BCUT2D eigenvalue weighted by Gasteiger charge is 2.25. The molecule has 4 heteroatoms. The summed E-state index contributed by atoms with van der Waals surface area (Å²) in [6.07, 6.45) is 6.28. The van der Waals surface area contributed by atoms with Gasteiger partial charge in [0.25, 0.3) is 0 Å². The first-order valence-corrected chi connectivity index (χ1v) is 6.73. The number of imidazole rings is 1. The summed E-state index contributed by atoms with van der Waals surface area (Å²) in [5, 5.41) is 0. The second kappa shape index (κ2) is 5.05. The van der Waals surface area contributed by atoms with Crippen molar-refractivity contribution in [3.63, 3.8) is 0 Å². The molecule has 0 saturated heterocycles. The van der Waals surface area contributed by atoms with Gasteiger partial charge in [-0.1, -0.05) is 18.2 Å². The van der Waals surface area contributed by atoms with Crippen LogP contribution in [0.25, 0.3) is 0 Å². The molecule has 0 aliphatic heterocycles. The van der Waals surface area contributed by atoms with E-state index in [9.17, 15) is 0 Å². The Bertz CT molecular complexity index is 558. The number of nitrogens with zero attached hydrogens (tertiary/aromatic N) is 2. The summed E-state index contributed by atoms with van der Waals surface area (Å²) in [6.45, 7) is 2.51. The average Bonchev–Trinajstić information content (AvgIpc) is 3.15.